The molecule has 1 fully saturated rings. The van der Waals surface area contributed by atoms with Crippen LogP contribution in [0.1, 0.15) is 29.8 Å². The third kappa shape index (κ3) is 3.00. The fourth-order valence-electron chi connectivity index (χ4n) is 3.94. The summed E-state index contributed by atoms with van der Waals surface area (Å²) in [5, 5.41) is 32.6. The molecular weight excluding hydrogens is 373 g/mol. The van der Waals surface area contributed by atoms with Crippen molar-refractivity contribution in [2.75, 3.05) is 0 Å². The molecule has 142 valence electrons. The molecule has 1 aromatic carbocycles. The van der Waals surface area contributed by atoms with E-state index in [1.807, 2.05) is 13.0 Å². The predicted octanol–water partition coefficient (Wildman–Crippen LogP) is 2.55. The van der Waals surface area contributed by atoms with Gasteiger partial charge in [0.05, 0.1) is 29.0 Å². The van der Waals surface area contributed by atoms with Gasteiger partial charge in [0.15, 0.2) is 0 Å². The lowest BCUT2D eigenvalue weighted by Crippen LogP contribution is -2.31. The van der Waals surface area contributed by atoms with Crippen LogP contribution in [0.4, 0.5) is 4.39 Å². The van der Waals surface area contributed by atoms with E-state index in [4.69, 9.17) is 11.6 Å². The number of hydrogen-bond acceptors (Lipinski definition) is 5. The molecule has 0 radical (unpaired) electrons. The van der Waals surface area contributed by atoms with Crippen molar-refractivity contribution in [3.63, 3.8) is 0 Å². The number of aliphatic hydroxyl groups excluding tert-OH is 3. The second-order valence-electron chi connectivity index (χ2n) is 6.99. The second-order valence-corrected chi connectivity index (χ2v) is 7.39. The summed E-state index contributed by atoms with van der Waals surface area (Å²) in [7, 11) is 0. The van der Waals surface area contributed by atoms with Crippen molar-refractivity contribution in [1.82, 2.24) is 14.5 Å². The number of fused-ring (bicyclic) bond motifs is 1. The monoisotopic (exact) mass is 391 g/mol. The zero-order chi connectivity index (χ0) is 19.3. The first kappa shape index (κ1) is 18.3. The van der Waals surface area contributed by atoms with E-state index in [0.29, 0.717) is 17.6 Å². The minimum absolute atomic E-state index is 0.0373. The van der Waals surface area contributed by atoms with E-state index >= 15 is 0 Å². The number of nitrogens with zero attached hydrogens (tertiary/aromatic N) is 3. The average molecular weight is 392 g/mol. The lowest BCUT2D eigenvalue weighted by molar-refractivity contribution is -0.0265. The fraction of sp³-hybridized carbons (Fsp3) is 0.368. The van der Waals surface area contributed by atoms with Crippen LogP contribution in [0.25, 0.3) is 11.0 Å². The van der Waals surface area contributed by atoms with Crippen LogP contribution in [0, 0.1) is 18.7 Å². The van der Waals surface area contributed by atoms with Crippen molar-refractivity contribution in [2.45, 2.75) is 37.7 Å². The Labute approximate surface area is 159 Å². The Kier molecular flexibility index (Phi) is 4.63. The molecule has 1 saturated carbocycles. The van der Waals surface area contributed by atoms with E-state index in [-0.39, 0.29) is 5.02 Å². The second kappa shape index (κ2) is 6.83. The molecule has 8 heteroatoms. The molecular formula is C19H19ClFN3O3. The van der Waals surface area contributed by atoms with E-state index in [1.165, 1.54) is 18.5 Å². The molecule has 5 unspecified atom stereocenters. The molecule has 1 aliphatic rings. The Morgan fingerprint density at radius 3 is 2.74 bits per heavy atom. The number of aryl methyl sites for hydroxylation is 1. The Balaban J connectivity index is 1.66. The quantitative estimate of drug-likeness (QED) is 0.638. The highest BCUT2D eigenvalue weighted by Crippen LogP contribution is 2.43. The fourth-order valence-corrected chi connectivity index (χ4v) is 4.06. The van der Waals surface area contributed by atoms with Crippen LogP contribution < -0.4 is 0 Å². The molecule has 4 rings (SSSR count). The zero-order valence-corrected chi connectivity index (χ0v) is 15.3. The highest BCUT2D eigenvalue weighted by atomic mass is 35.5. The predicted molar refractivity (Wildman–Crippen MR) is 97.8 cm³/mol. The number of benzene rings is 1. The summed E-state index contributed by atoms with van der Waals surface area (Å²) in [5.74, 6) is -1.30. The van der Waals surface area contributed by atoms with Gasteiger partial charge in [-0.05, 0) is 37.1 Å². The number of aromatic nitrogens is 3. The van der Waals surface area contributed by atoms with Gasteiger partial charge in [0.2, 0.25) is 0 Å². The first-order chi connectivity index (χ1) is 12.9. The number of halogens is 2. The van der Waals surface area contributed by atoms with Gasteiger partial charge in [0.1, 0.15) is 23.9 Å². The maximum atomic E-state index is 13.7. The maximum absolute atomic E-state index is 13.7. The zero-order valence-electron chi connectivity index (χ0n) is 14.5. The van der Waals surface area contributed by atoms with Gasteiger partial charge in [-0.2, -0.15) is 0 Å². The van der Waals surface area contributed by atoms with Gasteiger partial charge in [-0.3, -0.25) is 0 Å². The van der Waals surface area contributed by atoms with Crippen LogP contribution in [0.15, 0.2) is 36.8 Å². The minimum Gasteiger partial charge on any atom is -0.390 e. The first-order valence-electron chi connectivity index (χ1n) is 8.65. The van der Waals surface area contributed by atoms with Gasteiger partial charge in [-0.15, -0.1) is 0 Å². The number of aliphatic hydroxyl groups is 3. The van der Waals surface area contributed by atoms with Crippen molar-refractivity contribution in [3.05, 3.63) is 58.9 Å². The molecule has 3 aromatic rings. The van der Waals surface area contributed by atoms with Crippen LogP contribution >= 0.6 is 11.6 Å². The van der Waals surface area contributed by atoms with Gasteiger partial charge in [0, 0.05) is 17.5 Å². The lowest BCUT2D eigenvalue weighted by Gasteiger charge is -2.22. The number of hydrogen-bond donors (Lipinski definition) is 3. The standard InChI is InChI=1S/C19H19ClFN3O3/c1-9-11-4-5-24(19(11)23-8-22-9)15-7-12(17(26)18(15)27)16(25)10-2-3-13(20)14(21)6-10/h2-6,8,12,15-18,25-27H,7H2,1H3. The van der Waals surface area contributed by atoms with Crippen molar-refractivity contribution in [1.29, 1.82) is 0 Å². The smallest absolute Gasteiger partial charge is 0.143 e. The molecule has 3 N–H and O–H groups in total. The molecule has 0 aliphatic heterocycles. The summed E-state index contributed by atoms with van der Waals surface area (Å²) < 4.78 is 15.5. The normalized spacial score (nSPS) is 26.6. The van der Waals surface area contributed by atoms with E-state index in [9.17, 15) is 19.7 Å². The third-order valence-electron chi connectivity index (χ3n) is 5.45. The topological polar surface area (TPSA) is 91.4 Å². The molecule has 0 bridgehead atoms. The van der Waals surface area contributed by atoms with Crippen LogP contribution in [-0.4, -0.2) is 42.1 Å². The highest BCUT2D eigenvalue weighted by molar-refractivity contribution is 6.30. The van der Waals surface area contributed by atoms with E-state index in [0.717, 1.165) is 17.1 Å². The van der Waals surface area contributed by atoms with Crippen LogP contribution in [0.5, 0.6) is 0 Å². The summed E-state index contributed by atoms with van der Waals surface area (Å²) in [6.45, 7) is 1.87. The van der Waals surface area contributed by atoms with Crippen molar-refractivity contribution in [2.24, 2.45) is 5.92 Å². The van der Waals surface area contributed by atoms with E-state index < -0.39 is 36.1 Å². The van der Waals surface area contributed by atoms with Crippen LogP contribution in [0.3, 0.4) is 0 Å². The first-order valence-corrected chi connectivity index (χ1v) is 9.03. The third-order valence-corrected chi connectivity index (χ3v) is 5.76. The SMILES string of the molecule is Cc1ncnc2c1ccn2C1CC(C(O)c2ccc(Cl)c(F)c2)C(O)C1O. The summed E-state index contributed by atoms with van der Waals surface area (Å²) in [6, 6.07) is 5.43. The van der Waals surface area contributed by atoms with E-state index in [2.05, 4.69) is 9.97 Å². The highest BCUT2D eigenvalue weighted by Gasteiger charge is 2.46. The van der Waals surface area contributed by atoms with Crippen molar-refractivity contribution < 1.29 is 19.7 Å². The van der Waals surface area contributed by atoms with Crippen molar-refractivity contribution in [3.8, 4) is 0 Å². The molecule has 2 aromatic heterocycles. The van der Waals surface area contributed by atoms with Crippen LogP contribution in [0.2, 0.25) is 5.02 Å². The Morgan fingerprint density at radius 1 is 1.22 bits per heavy atom. The van der Waals surface area contributed by atoms with Crippen LogP contribution in [-0.2, 0) is 0 Å². The Morgan fingerprint density at radius 2 is 2.00 bits per heavy atom. The molecule has 5 atom stereocenters. The Bertz CT molecular complexity index is 995. The van der Waals surface area contributed by atoms with Gasteiger partial charge in [0.25, 0.3) is 0 Å². The van der Waals surface area contributed by atoms with Gasteiger partial charge >= 0.3 is 0 Å². The lowest BCUT2D eigenvalue weighted by atomic mass is 9.92. The van der Waals surface area contributed by atoms with Gasteiger partial charge < -0.3 is 19.9 Å². The van der Waals surface area contributed by atoms with Gasteiger partial charge in [-0.25, -0.2) is 14.4 Å². The number of rotatable bonds is 3. The molecule has 0 spiro atoms. The molecule has 0 saturated heterocycles. The summed E-state index contributed by atoms with van der Waals surface area (Å²) in [5.41, 5.74) is 1.79. The minimum atomic E-state index is -1.16. The molecule has 27 heavy (non-hydrogen) atoms. The maximum Gasteiger partial charge on any atom is 0.143 e. The summed E-state index contributed by atoms with van der Waals surface area (Å²) >= 11 is 5.69. The molecule has 1 aliphatic carbocycles. The largest absolute Gasteiger partial charge is 0.390 e. The summed E-state index contributed by atoms with van der Waals surface area (Å²) in [4.78, 5) is 8.44. The molecule has 2 heterocycles. The van der Waals surface area contributed by atoms with E-state index in [1.54, 1.807) is 10.8 Å². The average Bonchev–Trinajstić information content (AvgIpc) is 3.20. The molecule has 6 nitrogen and oxygen atoms in total. The van der Waals surface area contributed by atoms with Crippen molar-refractivity contribution >= 4 is 22.6 Å². The summed E-state index contributed by atoms with van der Waals surface area (Å²) in [6.07, 6.45) is 0.167. The molecule has 0 amide bonds. The Hall–Kier alpha value is -2.06. The van der Waals surface area contributed by atoms with Gasteiger partial charge in [-0.1, -0.05) is 17.7 Å².